The fourth-order valence-electron chi connectivity index (χ4n) is 3.07. The number of rotatable bonds is 1. The standard InChI is InChI=1S/C18H15NO/c1-18(2,11-19)16-12-7-3-5-9-14(12)17(20)15-10-6-4-8-13(15)16/h3-10,16H,1-2H3. The number of benzene rings is 2. The molecule has 0 spiro atoms. The van der Waals surface area contributed by atoms with E-state index in [0.717, 1.165) is 22.3 Å². The smallest absolute Gasteiger partial charge is 0.193 e. The Bertz CT molecular complexity index is 688. The Hall–Kier alpha value is -2.40. The summed E-state index contributed by atoms with van der Waals surface area (Å²) in [7, 11) is 0. The van der Waals surface area contributed by atoms with E-state index in [2.05, 4.69) is 6.07 Å². The molecular formula is C18H15NO. The Balaban J connectivity index is 2.34. The number of ketones is 1. The van der Waals surface area contributed by atoms with Crippen LogP contribution in [-0.2, 0) is 0 Å². The first-order valence-electron chi connectivity index (χ1n) is 6.70. The van der Waals surface area contributed by atoms with E-state index in [9.17, 15) is 10.1 Å². The molecule has 2 heteroatoms. The number of hydrogen-bond acceptors (Lipinski definition) is 2. The number of nitrogens with zero attached hydrogens (tertiary/aromatic N) is 1. The maximum atomic E-state index is 12.6. The van der Waals surface area contributed by atoms with Crippen LogP contribution in [0.25, 0.3) is 0 Å². The second-order valence-corrected chi connectivity index (χ2v) is 5.77. The highest BCUT2D eigenvalue weighted by molar-refractivity contribution is 6.12. The van der Waals surface area contributed by atoms with Gasteiger partial charge in [-0.3, -0.25) is 4.79 Å². The number of fused-ring (bicyclic) bond motifs is 2. The van der Waals surface area contributed by atoms with Gasteiger partial charge in [0.1, 0.15) is 0 Å². The summed E-state index contributed by atoms with van der Waals surface area (Å²) in [6, 6.07) is 17.7. The summed E-state index contributed by atoms with van der Waals surface area (Å²) >= 11 is 0. The van der Waals surface area contributed by atoms with E-state index in [4.69, 9.17) is 0 Å². The molecule has 1 aliphatic carbocycles. The third-order valence-electron chi connectivity index (χ3n) is 4.04. The lowest BCUT2D eigenvalue weighted by Crippen LogP contribution is -2.29. The zero-order valence-electron chi connectivity index (χ0n) is 11.6. The predicted molar refractivity (Wildman–Crippen MR) is 77.6 cm³/mol. The normalized spacial score (nSPS) is 14.3. The van der Waals surface area contributed by atoms with Crippen LogP contribution in [0.3, 0.4) is 0 Å². The van der Waals surface area contributed by atoms with Gasteiger partial charge in [0, 0.05) is 17.0 Å². The maximum Gasteiger partial charge on any atom is 0.193 e. The van der Waals surface area contributed by atoms with E-state index < -0.39 is 5.41 Å². The molecule has 0 unspecified atom stereocenters. The van der Waals surface area contributed by atoms with Crippen molar-refractivity contribution in [1.82, 2.24) is 0 Å². The highest BCUT2D eigenvalue weighted by atomic mass is 16.1. The Morgan fingerprint density at radius 1 is 0.950 bits per heavy atom. The van der Waals surface area contributed by atoms with Crippen LogP contribution in [0.4, 0.5) is 0 Å². The summed E-state index contributed by atoms with van der Waals surface area (Å²) in [6.45, 7) is 3.86. The van der Waals surface area contributed by atoms with Crippen molar-refractivity contribution in [2.75, 3.05) is 0 Å². The predicted octanol–water partition coefficient (Wildman–Crippen LogP) is 3.91. The fourth-order valence-corrected chi connectivity index (χ4v) is 3.07. The molecule has 0 fully saturated rings. The third kappa shape index (κ3) is 1.67. The molecule has 2 nitrogen and oxygen atoms in total. The molecule has 0 aromatic heterocycles. The van der Waals surface area contributed by atoms with Crippen molar-refractivity contribution in [1.29, 1.82) is 5.26 Å². The van der Waals surface area contributed by atoms with Gasteiger partial charge in [-0.25, -0.2) is 0 Å². The fraction of sp³-hybridized carbons (Fsp3) is 0.222. The van der Waals surface area contributed by atoms with Gasteiger partial charge < -0.3 is 0 Å². The van der Waals surface area contributed by atoms with Gasteiger partial charge in [-0.05, 0) is 25.0 Å². The van der Waals surface area contributed by atoms with Crippen LogP contribution in [0.2, 0.25) is 0 Å². The lowest BCUT2D eigenvalue weighted by atomic mass is 9.66. The van der Waals surface area contributed by atoms with E-state index in [-0.39, 0.29) is 11.7 Å². The van der Waals surface area contributed by atoms with Crippen LogP contribution in [0, 0.1) is 16.7 Å². The molecule has 0 heterocycles. The Kier molecular flexibility index (Phi) is 2.72. The van der Waals surface area contributed by atoms with Crippen LogP contribution >= 0.6 is 0 Å². The average molecular weight is 261 g/mol. The average Bonchev–Trinajstić information content (AvgIpc) is 2.47. The van der Waals surface area contributed by atoms with Gasteiger partial charge in [0.05, 0.1) is 11.5 Å². The van der Waals surface area contributed by atoms with Crippen molar-refractivity contribution in [3.63, 3.8) is 0 Å². The Labute approximate surface area is 118 Å². The summed E-state index contributed by atoms with van der Waals surface area (Å²) in [5, 5.41) is 9.53. The summed E-state index contributed by atoms with van der Waals surface area (Å²) in [6.07, 6.45) is 0. The minimum Gasteiger partial charge on any atom is -0.289 e. The van der Waals surface area contributed by atoms with Crippen molar-refractivity contribution < 1.29 is 4.79 Å². The van der Waals surface area contributed by atoms with Gasteiger partial charge in [-0.15, -0.1) is 0 Å². The van der Waals surface area contributed by atoms with E-state index >= 15 is 0 Å². The van der Waals surface area contributed by atoms with Crippen LogP contribution in [0.5, 0.6) is 0 Å². The maximum absolute atomic E-state index is 12.6. The van der Waals surface area contributed by atoms with Gasteiger partial charge in [0.25, 0.3) is 0 Å². The number of carbonyl (C=O) groups excluding carboxylic acids is 1. The first kappa shape index (κ1) is 12.6. The van der Waals surface area contributed by atoms with Crippen molar-refractivity contribution in [3.8, 4) is 6.07 Å². The largest absolute Gasteiger partial charge is 0.289 e. The molecule has 0 saturated carbocycles. The molecule has 3 rings (SSSR count). The molecule has 0 N–H and O–H groups in total. The van der Waals surface area contributed by atoms with Gasteiger partial charge in [0.15, 0.2) is 5.78 Å². The highest BCUT2D eigenvalue weighted by Crippen LogP contribution is 2.46. The van der Waals surface area contributed by atoms with Gasteiger partial charge in [-0.2, -0.15) is 5.26 Å². The molecule has 0 bridgehead atoms. The third-order valence-corrected chi connectivity index (χ3v) is 4.04. The molecular weight excluding hydrogens is 246 g/mol. The summed E-state index contributed by atoms with van der Waals surface area (Å²) < 4.78 is 0. The van der Waals surface area contributed by atoms with E-state index in [1.54, 1.807) is 0 Å². The zero-order valence-corrected chi connectivity index (χ0v) is 11.6. The van der Waals surface area contributed by atoms with E-state index in [1.165, 1.54) is 0 Å². The monoisotopic (exact) mass is 261 g/mol. The van der Waals surface area contributed by atoms with E-state index in [0.29, 0.717) is 0 Å². The zero-order chi connectivity index (χ0) is 14.3. The molecule has 1 aliphatic rings. The molecule has 98 valence electrons. The lowest BCUT2D eigenvalue weighted by molar-refractivity contribution is 0.103. The van der Waals surface area contributed by atoms with E-state index in [1.807, 2.05) is 62.4 Å². The molecule has 0 aliphatic heterocycles. The molecule has 0 saturated heterocycles. The summed E-state index contributed by atoms with van der Waals surface area (Å²) in [5.74, 6) is -0.0150. The second-order valence-electron chi connectivity index (χ2n) is 5.77. The molecule has 0 amide bonds. The number of nitriles is 1. The molecule has 20 heavy (non-hydrogen) atoms. The van der Waals surface area contributed by atoms with Crippen LogP contribution in [-0.4, -0.2) is 5.78 Å². The summed E-state index contributed by atoms with van der Waals surface area (Å²) in [4.78, 5) is 12.6. The SMILES string of the molecule is CC(C)(C#N)C1c2ccccc2C(=O)c2ccccc21. The quantitative estimate of drug-likeness (QED) is 0.780. The molecule has 0 atom stereocenters. The van der Waals surface area contributed by atoms with Crippen LogP contribution in [0.15, 0.2) is 48.5 Å². The highest BCUT2D eigenvalue weighted by Gasteiger charge is 2.39. The van der Waals surface area contributed by atoms with Gasteiger partial charge >= 0.3 is 0 Å². The van der Waals surface area contributed by atoms with Gasteiger partial charge in [0.2, 0.25) is 0 Å². The first-order valence-corrected chi connectivity index (χ1v) is 6.70. The number of carbonyl (C=O) groups is 1. The van der Waals surface area contributed by atoms with Gasteiger partial charge in [-0.1, -0.05) is 48.5 Å². The molecule has 2 aromatic carbocycles. The minimum absolute atomic E-state index is 0.0567. The van der Waals surface area contributed by atoms with Crippen molar-refractivity contribution in [3.05, 3.63) is 70.8 Å². The second kappa shape index (κ2) is 4.31. The van der Waals surface area contributed by atoms with Crippen LogP contribution in [0.1, 0.15) is 46.8 Å². The van der Waals surface area contributed by atoms with Crippen molar-refractivity contribution in [2.24, 2.45) is 5.41 Å². The van der Waals surface area contributed by atoms with Crippen molar-refractivity contribution >= 4 is 5.78 Å². The summed E-state index contributed by atoms with van der Waals surface area (Å²) in [5.41, 5.74) is 2.80. The number of hydrogen-bond donors (Lipinski definition) is 0. The van der Waals surface area contributed by atoms with Crippen LogP contribution < -0.4 is 0 Å². The van der Waals surface area contributed by atoms with Crippen molar-refractivity contribution in [2.45, 2.75) is 19.8 Å². The topological polar surface area (TPSA) is 40.9 Å². The molecule has 0 radical (unpaired) electrons. The molecule has 2 aromatic rings. The minimum atomic E-state index is -0.563. The first-order chi connectivity index (χ1) is 9.56. The Morgan fingerprint density at radius 3 is 1.85 bits per heavy atom. The lowest BCUT2D eigenvalue weighted by Gasteiger charge is -2.34. The Morgan fingerprint density at radius 2 is 1.40 bits per heavy atom.